The number of nitrogens with one attached hydrogen (secondary N) is 2. The topological polar surface area (TPSA) is 90.3 Å². The van der Waals surface area contributed by atoms with Crippen molar-refractivity contribution in [1.29, 1.82) is 0 Å². The third kappa shape index (κ3) is 4.89. The lowest BCUT2D eigenvalue weighted by Gasteiger charge is -2.29. The Labute approximate surface area is 213 Å². The van der Waals surface area contributed by atoms with Gasteiger partial charge >= 0.3 is 0 Å². The van der Waals surface area contributed by atoms with E-state index in [0.29, 0.717) is 46.0 Å². The predicted octanol–water partition coefficient (Wildman–Crippen LogP) is 5.45. The van der Waals surface area contributed by atoms with Crippen molar-refractivity contribution in [2.45, 2.75) is 19.6 Å². The number of hydrogen-bond acceptors (Lipinski definition) is 6. The minimum atomic E-state index is -0.499. The average molecular weight is 502 g/mol. The summed E-state index contributed by atoms with van der Waals surface area (Å²) >= 11 is 5.98. The molecule has 2 N–H and O–H groups in total. The number of anilines is 2. The Hall–Kier alpha value is -4.30. The molecular formula is C27H24ClN5O3. The van der Waals surface area contributed by atoms with Gasteiger partial charge in [0.1, 0.15) is 30.5 Å². The first-order valence-electron chi connectivity index (χ1n) is 11.3. The lowest BCUT2D eigenvalue weighted by atomic mass is 9.95. The molecule has 0 bridgehead atoms. The molecule has 3 aromatic carbocycles. The van der Waals surface area contributed by atoms with Crippen LogP contribution in [0.25, 0.3) is 0 Å². The van der Waals surface area contributed by atoms with Crippen molar-refractivity contribution in [2.24, 2.45) is 0 Å². The summed E-state index contributed by atoms with van der Waals surface area (Å²) < 4.78 is 13.0. The van der Waals surface area contributed by atoms with Gasteiger partial charge in [0.25, 0.3) is 5.91 Å². The van der Waals surface area contributed by atoms with Crippen LogP contribution in [-0.2, 0) is 11.4 Å². The molecule has 0 unspecified atom stereocenters. The summed E-state index contributed by atoms with van der Waals surface area (Å²) in [6.45, 7) is 2.25. The molecule has 1 amide bonds. The number of aromatic nitrogens is 3. The van der Waals surface area contributed by atoms with Crippen molar-refractivity contribution >= 4 is 29.1 Å². The predicted molar refractivity (Wildman–Crippen MR) is 138 cm³/mol. The zero-order valence-corrected chi connectivity index (χ0v) is 20.5. The minimum absolute atomic E-state index is 0.246. The highest BCUT2D eigenvalue weighted by Crippen LogP contribution is 2.36. The first-order chi connectivity index (χ1) is 17.5. The van der Waals surface area contributed by atoms with E-state index >= 15 is 0 Å². The Bertz CT molecular complexity index is 1410. The Morgan fingerprint density at radius 1 is 1.08 bits per heavy atom. The highest BCUT2D eigenvalue weighted by Gasteiger charge is 2.33. The normalized spacial score (nSPS) is 14.6. The molecule has 5 rings (SSSR count). The number of halogens is 1. The number of rotatable bonds is 7. The van der Waals surface area contributed by atoms with Crippen LogP contribution in [0.15, 0.2) is 90.4 Å². The SMILES string of the molecule is COc1ccc(NC(=O)C2=C(C)Nc3ncnn3[C@@H]2c2cccc(OCc3ccc(Cl)cc3)c2)cc1. The third-order valence-corrected chi connectivity index (χ3v) is 6.13. The van der Waals surface area contributed by atoms with E-state index in [1.165, 1.54) is 6.33 Å². The Balaban J connectivity index is 1.43. The second-order valence-electron chi connectivity index (χ2n) is 8.26. The highest BCUT2D eigenvalue weighted by molar-refractivity contribution is 6.30. The largest absolute Gasteiger partial charge is 0.497 e. The molecule has 9 heteroatoms. The van der Waals surface area contributed by atoms with E-state index in [-0.39, 0.29) is 5.91 Å². The smallest absolute Gasteiger partial charge is 0.255 e. The molecule has 0 radical (unpaired) electrons. The summed E-state index contributed by atoms with van der Waals surface area (Å²) in [5.41, 5.74) is 3.72. The van der Waals surface area contributed by atoms with Gasteiger partial charge in [-0.3, -0.25) is 4.79 Å². The maximum atomic E-state index is 13.5. The van der Waals surface area contributed by atoms with Crippen LogP contribution < -0.4 is 20.1 Å². The quantitative estimate of drug-likeness (QED) is 0.350. The van der Waals surface area contributed by atoms with Gasteiger partial charge in [-0.1, -0.05) is 35.9 Å². The Kier molecular flexibility index (Phi) is 6.60. The molecule has 1 aromatic heterocycles. The van der Waals surface area contributed by atoms with Gasteiger partial charge in [-0.05, 0) is 66.6 Å². The molecule has 36 heavy (non-hydrogen) atoms. The fraction of sp³-hybridized carbons (Fsp3) is 0.148. The van der Waals surface area contributed by atoms with Crippen LogP contribution in [0.3, 0.4) is 0 Å². The zero-order valence-electron chi connectivity index (χ0n) is 19.7. The molecule has 1 aliphatic rings. The number of ether oxygens (including phenoxy) is 2. The van der Waals surface area contributed by atoms with E-state index in [1.807, 2.05) is 55.5 Å². The van der Waals surface area contributed by atoms with E-state index in [9.17, 15) is 4.79 Å². The van der Waals surface area contributed by atoms with Gasteiger partial charge in [0.2, 0.25) is 5.95 Å². The standard InChI is InChI=1S/C27H24ClN5O3/c1-17-24(26(34)32-21-10-12-22(35-2)13-11-21)25(33-27(31-17)29-16-30-33)19-4-3-5-23(14-19)36-15-18-6-8-20(28)9-7-18/h3-14,16,25H,15H2,1-2H3,(H,32,34)(H,29,30,31)/t25-/m1/s1. The number of carbonyl (C=O) groups excluding carboxylic acids is 1. The molecule has 8 nitrogen and oxygen atoms in total. The molecule has 1 aliphatic heterocycles. The highest BCUT2D eigenvalue weighted by atomic mass is 35.5. The van der Waals surface area contributed by atoms with E-state index in [4.69, 9.17) is 21.1 Å². The number of methoxy groups -OCH3 is 1. The second kappa shape index (κ2) is 10.1. The second-order valence-corrected chi connectivity index (χ2v) is 8.70. The van der Waals surface area contributed by atoms with Crippen LogP contribution in [0.5, 0.6) is 11.5 Å². The number of hydrogen-bond donors (Lipinski definition) is 2. The molecule has 2 heterocycles. The van der Waals surface area contributed by atoms with Crippen LogP contribution in [0.4, 0.5) is 11.6 Å². The monoisotopic (exact) mass is 501 g/mol. The van der Waals surface area contributed by atoms with Crippen molar-refractivity contribution < 1.29 is 14.3 Å². The summed E-state index contributed by atoms with van der Waals surface area (Å²) in [5.74, 6) is 1.70. The molecule has 182 valence electrons. The molecule has 4 aromatic rings. The molecule has 0 saturated carbocycles. The van der Waals surface area contributed by atoms with Gasteiger partial charge < -0.3 is 20.1 Å². The molecule has 0 spiro atoms. The van der Waals surface area contributed by atoms with Crippen LogP contribution in [0.2, 0.25) is 5.02 Å². The van der Waals surface area contributed by atoms with E-state index in [2.05, 4.69) is 20.7 Å². The maximum absolute atomic E-state index is 13.5. The van der Waals surface area contributed by atoms with Gasteiger partial charge in [0.15, 0.2) is 0 Å². The number of amides is 1. The third-order valence-electron chi connectivity index (χ3n) is 5.88. The molecule has 1 atom stereocenters. The fourth-order valence-corrected chi connectivity index (χ4v) is 4.21. The lowest BCUT2D eigenvalue weighted by Crippen LogP contribution is -2.31. The number of carbonyl (C=O) groups is 1. The van der Waals surface area contributed by atoms with Crippen LogP contribution in [0.1, 0.15) is 24.1 Å². The van der Waals surface area contributed by atoms with Gasteiger partial charge in [-0.2, -0.15) is 10.1 Å². The van der Waals surface area contributed by atoms with E-state index < -0.39 is 6.04 Å². The van der Waals surface area contributed by atoms with Gasteiger partial charge in [0, 0.05) is 16.4 Å². The van der Waals surface area contributed by atoms with Crippen molar-refractivity contribution in [3.8, 4) is 11.5 Å². The summed E-state index contributed by atoms with van der Waals surface area (Å²) in [4.78, 5) is 17.8. The minimum Gasteiger partial charge on any atom is -0.497 e. The summed E-state index contributed by atoms with van der Waals surface area (Å²) in [5, 5.41) is 11.3. The maximum Gasteiger partial charge on any atom is 0.255 e. The number of nitrogens with zero attached hydrogens (tertiary/aromatic N) is 3. The first-order valence-corrected chi connectivity index (χ1v) is 11.7. The lowest BCUT2D eigenvalue weighted by molar-refractivity contribution is -0.113. The van der Waals surface area contributed by atoms with Crippen molar-refractivity contribution in [3.05, 3.63) is 107 Å². The number of allylic oxidation sites excluding steroid dienone is 1. The van der Waals surface area contributed by atoms with E-state index in [0.717, 1.165) is 11.1 Å². The van der Waals surface area contributed by atoms with Crippen molar-refractivity contribution in [2.75, 3.05) is 17.7 Å². The Morgan fingerprint density at radius 2 is 1.86 bits per heavy atom. The average Bonchev–Trinajstić information content (AvgIpc) is 3.36. The Morgan fingerprint density at radius 3 is 2.61 bits per heavy atom. The van der Waals surface area contributed by atoms with Gasteiger partial charge in [0.05, 0.1) is 12.7 Å². The molecular weight excluding hydrogens is 478 g/mol. The van der Waals surface area contributed by atoms with E-state index in [1.54, 1.807) is 36.1 Å². The number of benzene rings is 3. The summed E-state index contributed by atoms with van der Waals surface area (Å²) in [6.07, 6.45) is 1.47. The summed E-state index contributed by atoms with van der Waals surface area (Å²) in [7, 11) is 1.60. The summed E-state index contributed by atoms with van der Waals surface area (Å²) in [6, 6.07) is 21.9. The van der Waals surface area contributed by atoms with Crippen molar-refractivity contribution in [1.82, 2.24) is 14.8 Å². The van der Waals surface area contributed by atoms with Crippen LogP contribution in [-0.4, -0.2) is 27.8 Å². The first kappa shape index (κ1) is 23.4. The van der Waals surface area contributed by atoms with Crippen LogP contribution in [0, 0.1) is 0 Å². The fourth-order valence-electron chi connectivity index (χ4n) is 4.09. The molecule has 0 saturated heterocycles. The molecule has 0 aliphatic carbocycles. The zero-order chi connectivity index (χ0) is 25.1. The molecule has 0 fully saturated rings. The van der Waals surface area contributed by atoms with Crippen molar-refractivity contribution in [3.63, 3.8) is 0 Å². The number of fused-ring (bicyclic) bond motifs is 1. The van der Waals surface area contributed by atoms with Gasteiger partial charge in [-0.25, -0.2) is 4.68 Å². The van der Waals surface area contributed by atoms with Gasteiger partial charge in [-0.15, -0.1) is 0 Å². The van der Waals surface area contributed by atoms with Crippen LogP contribution >= 0.6 is 11.6 Å².